The van der Waals surface area contributed by atoms with Gasteiger partial charge in [-0.05, 0) is 38.6 Å². The number of carbonyl (C=O) groups is 1. The quantitative estimate of drug-likeness (QED) is 0.778. The van der Waals surface area contributed by atoms with Crippen LogP contribution in [0.3, 0.4) is 0 Å². The van der Waals surface area contributed by atoms with E-state index in [0.29, 0.717) is 17.9 Å². The van der Waals surface area contributed by atoms with Crippen LogP contribution in [-0.4, -0.2) is 50.1 Å². The second-order valence-corrected chi connectivity index (χ2v) is 5.12. The molecule has 104 valence electrons. The van der Waals surface area contributed by atoms with Gasteiger partial charge in [0.05, 0.1) is 12.2 Å². The Labute approximate surface area is 114 Å². The van der Waals surface area contributed by atoms with E-state index in [1.54, 1.807) is 6.92 Å². The highest BCUT2D eigenvalue weighted by molar-refractivity contribution is 5.96. The molecule has 0 amide bonds. The number of Topliss-reactive ketones (excluding diaryl/α,β-unsaturated/α-hetero) is 1. The molecule has 1 saturated heterocycles. The Hall–Kier alpha value is -1.39. The van der Waals surface area contributed by atoms with Crippen molar-refractivity contribution in [3.63, 3.8) is 0 Å². The molecule has 1 aliphatic rings. The number of aryl methyl sites for hydroxylation is 1. The Morgan fingerprint density at radius 2 is 2.32 bits per heavy atom. The van der Waals surface area contributed by atoms with Crippen molar-refractivity contribution in [2.45, 2.75) is 20.0 Å². The summed E-state index contributed by atoms with van der Waals surface area (Å²) in [7, 11) is 2.07. The van der Waals surface area contributed by atoms with Crippen molar-refractivity contribution >= 4 is 5.78 Å². The van der Waals surface area contributed by atoms with E-state index < -0.39 is 0 Å². The molecule has 2 rings (SSSR count). The van der Waals surface area contributed by atoms with Crippen LogP contribution in [0.5, 0.6) is 5.75 Å². The lowest BCUT2D eigenvalue weighted by Crippen LogP contribution is -2.42. The Balaban J connectivity index is 2.02. The molecule has 1 aromatic carbocycles. The molecule has 1 atom stereocenters. The van der Waals surface area contributed by atoms with Gasteiger partial charge < -0.3 is 14.4 Å². The van der Waals surface area contributed by atoms with Gasteiger partial charge in [-0.2, -0.15) is 0 Å². The van der Waals surface area contributed by atoms with Crippen LogP contribution in [0.1, 0.15) is 22.8 Å². The summed E-state index contributed by atoms with van der Waals surface area (Å²) in [6.07, 6.45) is 0.0686. The van der Waals surface area contributed by atoms with Gasteiger partial charge in [0.2, 0.25) is 0 Å². The molecule has 1 unspecified atom stereocenters. The third-order valence-electron chi connectivity index (χ3n) is 3.28. The van der Waals surface area contributed by atoms with Crippen LogP contribution < -0.4 is 4.74 Å². The van der Waals surface area contributed by atoms with E-state index in [-0.39, 0.29) is 11.9 Å². The smallest absolute Gasteiger partial charge is 0.163 e. The van der Waals surface area contributed by atoms with Crippen LogP contribution >= 0.6 is 0 Å². The molecule has 1 heterocycles. The zero-order valence-electron chi connectivity index (χ0n) is 11.8. The van der Waals surface area contributed by atoms with Crippen LogP contribution in [0.4, 0.5) is 0 Å². The fourth-order valence-electron chi connectivity index (χ4n) is 2.19. The highest BCUT2D eigenvalue weighted by Gasteiger charge is 2.19. The van der Waals surface area contributed by atoms with Gasteiger partial charge in [-0.1, -0.05) is 6.07 Å². The summed E-state index contributed by atoms with van der Waals surface area (Å²) in [6.45, 7) is 6.58. The van der Waals surface area contributed by atoms with E-state index in [2.05, 4.69) is 11.9 Å². The normalized spacial score (nSPS) is 20.3. The largest absolute Gasteiger partial charge is 0.490 e. The minimum absolute atomic E-state index is 0.0247. The predicted molar refractivity (Wildman–Crippen MR) is 73.9 cm³/mol. The van der Waals surface area contributed by atoms with Gasteiger partial charge in [-0.3, -0.25) is 4.79 Å². The Bertz CT molecular complexity index is 459. The van der Waals surface area contributed by atoms with Gasteiger partial charge in [0.1, 0.15) is 18.5 Å². The standard InChI is InChI=1S/C15H21NO3/c1-11-4-5-14(12(2)17)15(8-11)19-10-13-9-16(3)6-7-18-13/h4-5,8,13H,6-7,9-10H2,1-3H3. The molecular formula is C15H21NO3. The molecule has 0 radical (unpaired) electrons. The van der Waals surface area contributed by atoms with Crippen LogP contribution in [0, 0.1) is 6.92 Å². The van der Waals surface area contributed by atoms with Crippen molar-refractivity contribution in [3.8, 4) is 5.75 Å². The van der Waals surface area contributed by atoms with Crippen molar-refractivity contribution in [1.29, 1.82) is 0 Å². The molecule has 0 N–H and O–H groups in total. The van der Waals surface area contributed by atoms with Gasteiger partial charge in [-0.15, -0.1) is 0 Å². The zero-order chi connectivity index (χ0) is 13.8. The number of ether oxygens (including phenoxy) is 2. The summed E-state index contributed by atoms with van der Waals surface area (Å²) in [4.78, 5) is 13.8. The monoisotopic (exact) mass is 263 g/mol. The molecule has 0 spiro atoms. The number of likely N-dealkylation sites (N-methyl/N-ethyl adjacent to an activating group) is 1. The Morgan fingerprint density at radius 1 is 1.53 bits per heavy atom. The number of rotatable bonds is 4. The van der Waals surface area contributed by atoms with Gasteiger partial charge >= 0.3 is 0 Å². The average molecular weight is 263 g/mol. The number of hydrogen-bond donors (Lipinski definition) is 0. The number of nitrogens with zero attached hydrogens (tertiary/aromatic N) is 1. The van der Waals surface area contributed by atoms with Crippen LogP contribution in [0.2, 0.25) is 0 Å². The van der Waals surface area contributed by atoms with E-state index in [1.165, 1.54) is 0 Å². The molecule has 1 aromatic rings. The fraction of sp³-hybridized carbons (Fsp3) is 0.533. The first-order valence-corrected chi connectivity index (χ1v) is 6.61. The summed E-state index contributed by atoms with van der Waals surface area (Å²) in [5.74, 6) is 0.681. The van der Waals surface area contributed by atoms with E-state index >= 15 is 0 Å². The van der Waals surface area contributed by atoms with E-state index in [9.17, 15) is 4.79 Å². The maximum atomic E-state index is 11.6. The predicted octanol–water partition coefficient (Wildman–Crippen LogP) is 1.91. The lowest BCUT2D eigenvalue weighted by molar-refractivity contribution is -0.0404. The summed E-state index contributed by atoms with van der Waals surface area (Å²) in [6, 6.07) is 5.65. The maximum Gasteiger partial charge on any atom is 0.163 e. The average Bonchev–Trinajstić information content (AvgIpc) is 2.36. The van der Waals surface area contributed by atoms with Gasteiger partial charge in [0.25, 0.3) is 0 Å². The Morgan fingerprint density at radius 3 is 3.00 bits per heavy atom. The van der Waals surface area contributed by atoms with Gasteiger partial charge in [0.15, 0.2) is 5.78 Å². The lowest BCUT2D eigenvalue weighted by atomic mass is 10.1. The SMILES string of the molecule is CC(=O)c1ccc(C)cc1OCC1CN(C)CCO1. The van der Waals surface area contributed by atoms with Crippen molar-refractivity contribution in [2.75, 3.05) is 33.4 Å². The summed E-state index contributed by atoms with van der Waals surface area (Å²) in [5, 5.41) is 0. The van der Waals surface area contributed by atoms with E-state index in [1.807, 2.05) is 25.1 Å². The second kappa shape index (κ2) is 6.17. The van der Waals surface area contributed by atoms with Crippen molar-refractivity contribution in [3.05, 3.63) is 29.3 Å². The molecule has 0 aliphatic carbocycles. The zero-order valence-corrected chi connectivity index (χ0v) is 11.8. The van der Waals surface area contributed by atoms with E-state index in [0.717, 1.165) is 25.3 Å². The number of benzene rings is 1. The molecule has 4 heteroatoms. The molecule has 0 aromatic heterocycles. The molecule has 1 aliphatic heterocycles. The topological polar surface area (TPSA) is 38.8 Å². The Kier molecular flexibility index (Phi) is 4.56. The lowest BCUT2D eigenvalue weighted by Gasteiger charge is -2.30. The van der Waals surface area contributed by atoms with E-state index in [4.69, 9.17) is 9.47 Å². The molecule has 1 fully saturated rings. The van der Waals surface area contributed by atoms with Crippen LogP contribution in [0.15, 0.2) is 18.2 Å². The van der Waals surface area contributed by atoms with Gasteiger partial charge in [-0.25, -0.2) is 0 Å². The van der Waals surface area contributed by atoms with Crippen LogP contribution in [0.25, 0.3) is 0 Å². The van der Waals surface area contributed by atoms with Crippen LogP contribution in [-0.2, 0) is 4.74 Å². The number of ketones is 1. The first-order chi connectivity index (χ1) is 9.06. The highest BCUT2D eigenvalue weighted by Crippen LogP contribution is 2.21. The first kappa shape index (κ1) is 14.0. The van der Waals surface area contributed by atoms with Crippen molar-refractivity contribution < 1.29 is 14.3 Å². The second-order valence-electron chi connectivity index (χ2n) is 5.12. The molecular weight excluding hydrogens is 242 g/mol. The minimum atomic E-state index is 0.0247. The molecule has 4 nitrogen and oxygen atoms in total. The maximum absolute atomic E-state index is 11.6. The first-order valence-electron chi connectivity index (χ1n) is 6.61. The van der Waals surface area contributed by atoms with Crippen molar-refractivity contribution in [2.24, 2.45) is 0 Å². The van der Waals surface area contributed by atoms with Crippen molar-refractivity contribution in [1.82, 2.24) is 4.90 Å². The number of carbonyl (C=O) groups excluding carboxylic acids is 1. The number of hydrogen-bond acceptors (Lipinski definition) is 4. The summed E-state index contributed by atoms with van der Waals surface area (Å²) in [5.41, 5.74) is 1.72. The molecule has 0 saturated carbocycles. The minimum Gasteiger partial charge on any atom is -0.490 e. The fourth-order valence-corrected chi connectivity index (χ4v) is 2.19. The molecule has 0 bridgehead atoms. The van der Waals surface area contributed by atoms with Gasteiger partial charge in [0, 0.05) is 13.1 Å². The number of morpholine rings is 1. The summed E-state index contributed by atoms with van der Waals surface area (Å²) >= 11 is 0. The summed E-state index contributed by atoms with van der Waals surface area (Å²) < 4.78 is 11.4. The molecule has 19 heavy (non-hydrogen) atoms. The highest BCUT2D eigenvalue weighted by atomic mass is 16.5. The third kappa shape index (κ3) is 3.78. The third-order valence-corrected chi connectivity index (χ3v) is 3.28.